The van der Waals surface area contributed by atoms with Gasteiger partial charge in [-0.15, -0.1) is 0 Å². The Bertz CT molecular complexity index is 1210. The lowest BCUT2D eigenvalue weighted by Crippen LogP contribution is -2.27. The molecule has 0 fully saturated rings. The summed E-state index contributed by atoms with van der Waals surface area (Å²) < 4.78 is 44.5. The molecule has 0 aromatic heterocycles. The van der Waals surface area contributed by atoms with Gasteiger partial charge in [-0.2, -0.15) is 0 Å². The van der Waals surface area contributed by atoms with Crippen molar-refractivity contribution in [2.75, 3.05) is 27.9 Å². The summed E-state index contributed by atoms with van der Waals surface area (Å²) >= 11 is 0. The summed E-state index contributed by atoms with van der Waals surface area (Å²) in [5.74, 6) is 0.840. The molecule has 34 heavy (non-hydrogen) atoms. The summed E-state index contributed by atoms with van der Waals surface area (Å²) in [6.07, 6.45) is 0.531. The van der Waals surface area contributed by atoms with E-state index < -0.39 is 15.9 Å². The Hall–Kier alpha value is -3.56. The highest BCUT2D eigenvalue weighted by Gasteiger charge is 2.22. The first-order valence-corrected chi connectivity index (χ1v) is 12.1. The van der Waals surface area contributed by atoms with Gasteiger partial charge in [0, 0.05) is 12.1 Å². The van der Waals surface area contributed by atoms with E-state index in [9.17, 15) is 13.2 Å². The van der Waals surface area contributed by atoms with Crippen molar-refractivity contribution < 1.29 is 27.4 Å². The number of hydrogen-bond acceptors (Lipinski definition) is 6. The van der Waals surface area contributed by atoms with Crippen LogP contribution in [0.15, 0.2) is 71.6 Å². The second kappa shape index (κ2) is 11.5. The number of rotatable bonds is 11. The van der Waals surface area contributed by atoms with Crippen LogP contribution < -0.4 is 24.2 Å². The molecular formula is C25H28N2O6S. The average Bonchev–Trinajstić information content (AvgIpc) is 2.87. The monoisotopic (exact) mass is 484 g/mol. The van der Waals surface area contributed by atoms with Crippen molar-refractivity contribution in [1.82, 2.24) is 10.0 Å². The highest BCUT2D eigenvalue weighted by molar-refractivity contribution is 7.89. The molecule has 3 aromatic rings. The number of carbonyl (C=O) groups is 1. The summed E-state index contributed by atoms with van der Waals surface area (Å²) in [5.41, 5.74) is 1.86. The second-order valence-electron chi connectivity index (χ2n) is 7.32. The van der Waals surface area contributed by atoms with Gasteiger partial charge in [0.2, 0.25) is 10.0 Å². The Kier molecular flexibility index (Phi) is 8.50. The van der Waals surface area contributed by atoms with E-state index >= 15 is 0 Å². The van der Waals surface area contributed by atoms with E-state index in [1.54, 1.807) is 18.2 Å². The summed E-state index contributed by atoms with van der Waals surface area (Å²) in [7, 11) is 0.535. The molecule has 0 aliphatic heterocycles. The summed E-state index contributed by atoms with van der Waals surface area (Å²) in [6, 6.07) is 19.2. The van der Waals surface area contributed by atoms with Gasteiger partial charge in [-0.25, -0.2) is 13.1 Å². The maximum atomic E-state index is 13.0. The lowest BCUT2D eigenvalue weighted by Gasteiger charge is -2.15. The lowest BCUT2D eigenvalue weighted by molar-refractivity contribution is 0.0950. The van der Waals surface area contributed by atoms with Crippen molar-refractivity contribution in [2.24, 2.45) is 0 Å². The number of carbonyl (C=O) groups excluding carboxylic acids is 1. The van der Waals surface area contributed by atoms with Crippen molar-refractivity contribution in [1.29, 1.82) is 0 Å². The predicted molar refractivity (Wildman–Crippen MR) is 129 cm³/mol. The van der Waals surface area contributed by atoms with Crippen LogP contribution in [-0.4, -0.2) is 42.2 Å². The number of amides is 1. The molecule has 0 heterocycles. The van der Waals surface area contributed by atoms with E-state index in [0.717, 1.165) is 5.56 Å². The standard InChI is InChI=1S/C25H28N2O6S/c1-31-21-10-7-11-22(32-2)20(21)17-26-25(28)19-12-13-23(33-3)24(16-19)34(29,30)27-15-14-18-8-5-4-6-9-18/h4-13,16,27H,14-15,17H2,1-3H3,(H,26,28). The SMILES string of the molecule is COc1ccc(C(=O)NCc2c(OC)cccc2OC)cc1S(=O)(=O)NCCc1ccccc1. The minimum atomic E-state index is -3.91. The third-order valence-corrected chi connectivity index (χ3v) is 6.70. The quantitative estimate of drug-likeness (QED) is 0.433. The number of hydrogen-bond donors (Lipinski definition) is 2. The Labute approximate surface area is 199 Å². The van der Waals surface area contributed by atoms with Gasteiger partial charge < -0.3 is 19.5 Å². The summed E-state index contributed by atoms with van der Waals surface area (Å²) in [6.45, 7) is 0.342. The van der Waals surface area contributed by atoms with Crippen molar-refractivity contribution >= 4 is 15.9 Å². The van der Waals surface area contributed by atoms with E-state index in [-0.39, 0.29) is 29.3 Å². The first-order chi connectivity index (χ1) is 16.4. The topological polar surface area (TPSA) is 103 Å². The van der Waals surface area contributed by atoms with Crippen LogP contribution in [0.3, 0.4) is 0 Å². The van der Waals surface area contributed by atoms with Gasteiger partial charge in [-0.3, -0.25) is 4.79 Å². The van der Waals surface area contributed by atoms with Crippen LogP contribution in [0.25, 0.3) is 0 Å². The number of nitrogens with one attached hydrogen (secondary N) is 2. The number of methoxy groups -OCH3 is 3. The molecule has 0 spiro atoms. The zero-order chi connectivity index (χ0) is 24.6. The van der Waals surface area contributed by atoms with Gasteiger partial charge in [0.1, 0.15) is 22.1 Å². The van der Waals surface area contributed by atoms with E-state index in [1.165, 1.54) is 39.5 Å². The molecule has 2 N–H and O–H groups in total. The maximum Gasteiger partial charge on any atom is 0.251 e. The van der Waals surface area contributed by atoms with Crippen LogP contribution in [0.4, 0.5) is 0 Å². The van der Waals surface area contributed by atoms with Gasteiger partial charge in [0.15, 0.2) is 0 Å². The molecule has 9 heteroatoms. The molecule has 8 nitrogen and oxygen atoms in total. The third kappa shape index (κ3) is 6.06. The van der Waals surface area contributed by atoms with Crippen LogP contribution in [0.5, 0.6) is 17.2 Å². The Morgan fingerprint density at radius 3 is 2.09 bits per heavy atom. The molecule has 0 saturated carbocycles. The third-order valence-electron chi connectivity index (χ3n) is 5.22. The molecule has 0 aliphatic carbocycles. The summed E-state index contributed by atoms with van der Waals surface area (Å²) in [5, 5.41) is 2.79. The largest absolute Gasteiger partial charge is 0.496 e. The number of benzene rings is 3. The highest BCUT2D eigenvalue weighted by Crippen LogP contribution is 2.28. The zero-order valence-electron chi connectivity index (χ0n) is 19.3. The summed E-state index contributed by atoms with van der Waals surface area (Å²) in [4.78, 5) is 12.7. The zero-order valence-corrected chi connectivity index (χ0v) is 20.1. The molecule has 180 valence electrons. The van der Waals surface area contributed by atoms with Gasteiger partial charge in [-0.05, 0) is 42.3 Å². The van der Waals surface area contributed by atoms with Crippen molar-refractivity contribution in [3.63, 3.8) is 0 Å². The fourth-order valence-corrected chi connectivity index (χ4v) is 4.68. The van der Waals surface area contributed by atoms with Crippen molar-refractivity contribution in [3.8, 4) is 17.2 Å². The van der Waals surface area contributed by atoms with E-state index in [2.05, 4.69) is 10.0 Å². The number of sulfonamides is 1. The molecule has 0 saturated heterocycles. The van der Waals surface area contributed by atoms with Crippen LogP contribution >= 0.6 is 0 Å². The lowest BCUT2D eigenvalue weighted by atomic mass is 10.1. The Balaban J connectivity index is 1.76. The first kappa shape index (κ1) is 25.1. The van der Waals surface area contributed by atoms with Crippen LogP contribution in [0.2, 0.25) is 0 Å². The molecule has 0 radical (unpaired) electrons. The van der Waals surface area contributed by atoms with E-state index in [1.807, 2.05) is 30.3 Å². The van der Waals surface area contributed by atoms with Crippen molar-refractivity contribution in [2.45, 2.75) is 17.9 Å². The average molecular weight is 485 g/mol. The Morgan fingerprint density at radius 1 is 0.824 bits per heavy atom. The highest BCUT2D eigenvalue weighted by atomic mass is 32.2. The molecule has 0 atom stereocenters. The minimum Gasteiger partial charge on any atom is -0.496 e. The molecule has 3 aromatic carbocycles. The van der Waals surface area contributed by atoms with Crippen molar-refractivity contribution in [3.05, 3.63) is 83.4 Å². The van der Waals surface area contributed by atoms with Gasteiger partial charge in [-0.1, -0.05) is 36.4 Å². The fraction of sp³-hybridized carbons (Fsp3) is 0.240. The van der Waals surface area contributed by atoms with Gasteiger partial charge in [0.05, 0.1) is 33.4 Å². The first-order valence-electron chi connectivity index (χ1n) is 10.6. The van der Waals surface area contributed by atoms with Crippen LogP contribution in [0.1, 0.15) is 21.5 Å². The predicted octanol–water partition coefficient (Wildman–Crippen LogP) is 3.16. The van der Waals surface area contributed by atoms with Gasteiger partial charge >= 0.3 is 0 Å². The van der Waals surface area contributed by atoms with E-state index in [0.29, 0.717) is 23.5 Å². The van der Waals surface area contributed by atoms with Gasteiger partial charge in [0.25, 0.3) is 5.91 Å². The second-order valence-corrected chi connectivity index (χ2v) is 9.06. The molecule has 0 bridgehead atoms. The normalized spacial score (nSPS) is 11.0. The number of ether oxygens (including phenoxy) is 3. The molecular weight excluding hydrogens is 456 g/mol. The molecule has 0 unspecified atom stereocenters. The van der Waals surface area contributed by atoms with Crippen LogP contribution in [0, 0.1) is 0 Å². The molecule has 1 amide bonds. The smallest absolute Gasteiger partial charge is 0.251 e. The fourth-order valence-electron chi connectivity index (χ4n) is 3.45. The van der Waals surface area contributed by atoms with Crippen LogP contribution in [-0.2, 0) is 23.0 Å². The maximum absolute atomic E-state index is 13.0. The Morgan fingerprint density at radius 2 is 1.47 bits per heavy atom. The van der Waals surface area contributed by atoms with E-state index in [4.69, 9.17) is 14.2 Å². The minimum absolute atomic E-state index is 0.106. The molecule has 0 aliphatic rings. The molecule has 3 rings (SSSR count).